The number of ether oxygens (including phenoxy) is 3. The van der Waals surface area contributed by atoms with Crippen molar-refractivity contribution in [3.63, 3.8) is 0 Å². The minimum atomic E-state index is -4.67. The number of fused-ring (bicyclic) bond motifs is 1. The van der Waals surface area contributed by atoms with Crippen LogP contribution in [0, 0.1) is 0 Å². The van der Waals surface area contributed by atoms with Gasteiger partial charge in [-0.25, -0.2) is 14.8 Å². The number of benzene rings is 3. The first kappa shape index (κ1) is 31.4. The predicted molar refractivity (Wildman–Crippen MR) is 162 cm³/mol. The standard InChI is InChI=1S/C30H28Cl2F3N5O4/c1-42-26-15-20-25(16-27(26)43-12-4-11-40-9-2-3-10-40)36-17-37-28(20)44-19-6-8-24(23(32)14-19)39-29(41)38-18-5-7-22(31)21(13-18)30(33,34)35/h5-8,13-17H,2-4,9-12H2,1H3,(H2,38,39,41). The van der Waals surface area contributed by atoms with Gasteiger partial charge in [-0.3, -0.25) is 0 Å². The number of aromatic nitrogens is 2. The molecule has 0 radical (unpaired) electrons. The molecule has 0 unspecified atom stereocenters. The number of alkyl halides is 3. The van der Waals surface area contributed by atoms with E-state index in [2.05, 4.69) is 25.5 Å². The Kier molecular flexibility index (Phi) is 9.82. The maximum Gasteiger partial charge on any atom is 0.417 e. The quantitative estimate of drug-likeness (QED) is 0.167. The number of carbonyl (C=O) groups is 1. The number of rotatable bonds is 10. The van der Waals surface area contributed by atoms with Crippen LogP contribution in [0.15, 0.2) is 54.9 Å². The molecule has 3 aromatic carbocycles. The van der Waals surface area contributed by atoms with Gasteiger partial charge in [0.1, 0.15) is 12.1 Å². The minimum Gasteiger partial charge on any atom is -0.493 e. The van der Waals surface area contributed by atoms with Gasteiger partial charge in [0.2, 0.25) is 5.88 Å². The van der Waals surface area contributed by atoms with Gasteiger partial charge in [0.05, 0.1) is 45.9 Å². The fourth-order valence-corrected chi connectivity index (χ4v) is 5.19. The Morgan fingerprint density at radius 3 is 2.50 bits per heavy atom. The second-order valence-corrected chi connectivity index (χ2v) is 10.8. The summed E-state index contributed by atoms with van der Waals surface area (Å²) < 4.78 is 57.0. The number of halogens is 5. The molecule has 2 amide bonds. The van der Waals surface area contributed by atoms with Gasteiger partial charge >= 0.3 is 12.2 Å². The second-order valence-electron chi connectivity index (χ2n) is 9.97. The number of anilines is 2. The fourth-order valence-electron chi connectivity index (χ4n) is 4.75. The zero-order chi connectivity index (χ0) is 31.3. The first-order valence-electron chi connectivity index (χ1n) is 13.7. The Morgan fingerprint density at radius 1 is 0.977 bits per heavy atom. The molecule has 1 aromatic heterocycles. The fraction of sp³-hybridized carbons (Fsp3) is 0.300. The van der Waals surface area contributed by atoms with E-state index in [0.29, 0.717) is 34.8 Å². The van der Waals surface area contributed by atoms with Crippen LogP contribution in [0.5, 0.6) is 23.1 Å². The number of methoxy groups -OCH3 is 1. The molecule has 1 aliphatic rings. The zero-order valence-electron chi connectivity index (χ0n) is 23.5. The van der Waals surface area contributed by atoms with Crippen molar-refractivity contribution in [2.75, 3.05) is 44.0 Å². The van der Waals surface area contributed by atoms with Crippen molar-refractivity contribution in [2.24, 2.45) is 0 Å². The Morgan fingerprint density at radius 2 is 1.77 bits per heavy atom. The molecule has 5 rings (SSSR count). The van der Waals surface area contributed by atoms with E-state index in [1.54, 1.807) is 25.3 Å². The van der Waals surface area contributed by atoms with Crippen molar-refractivity contribution in [1.29, 1.82) is 0 Å². The first-order chi connectivity index (χ1) is 21.1. The third-order valence-corrected chi connectivity index (χ3v) is 7.53. The summed E-state index contributed by atoms with van der Waals surface area (Å²) in [6, 6.07) is 10.2. The summed E-state index contributed by atoms with van der Waals surface area (Å²) in [5.74, 6) is 1.63. The maximum absolute atomic E-state index is 13.1. The maximum atomic E-state index is 13.1. The highest BCUT2D eigenvalue weighted by molar-refractivity contribution is 6.34. The molecule has 14 heteroatoms. The van der Waals surface area contributed by atoms with Crippen LogP contribution in [0.2, 0.25) is 10.0 Å². The van der Waals surface area contributed by atoms with Gasteiger partial charge in [-0.05, 0) is 68.8 Å². The van der Waals surface area contributed by atoms with Crippen molar-refractivity contribution in [3.8, 4) is 23.1 Å². The molecule has 0 spiro atoms. The number of hydrogen-bond donors (Lipinski definition) is 2. The largest absolute Gasteiger partial charge is 0.493 e. The third-order valence-electron chi connectivity index (χ3n) is 6.89. The molecule has 44 heavy (non-hydrogen) atoms. The van der Waals surface area contributed by atoms with Crippen LogP contribution >= 0.6 is 23.2 Å². The van der Waals surface area contributed by atoms with Crippen molar-refractivity contribution >= 4 is 51.5 Å². The van der Waals surface area contributed by atoms with Crippen LogP contribution in [-0.2, 0) is 6.18 Å². The lowest BCUT2D eigenvalue weighted by Gasteiger charge is -2.16. The van der Waals surface area contributed by atoms with Crippen LogP contribution in [0.1, 0.15) is 24.8 Å². The van der Waals surface area contributed by atoms with Crippen LogP contribution in [0.4, 0.5) is 29.3 Å². The number of hydrogen-bond acceptors (Lipinski definition) is 7. The van der Waals surface area contributed by atoms with Crippen LogP contribution in [-0.4, -0.2) is 54.2 Å². The molecule has 0 atom stereocenters. The Balaban J connectivity index is 1.25. The number of nitrogens with one attached hydrogen (secondary N) is 2. The van der Waals surface area contributed by atoms with Crippen LogP contribution in [0.25, 0.3) is 10.9 Å². The zero-order valence-corrected chi connectivity index (χ0v) is 25.0. The highest BCUT2D eigenvalue weighted by Crippen LogP contribution is 2.38. The molecule has 1 fully saturated rings. The van der Waals surface area contributed by atoms with Crippen molar-refractivity contribution in [3.05, 3.63) is 70.5 Å². The molecule has 0 bridgehead atoms. The molecule has 0 aliphatic carbocycles. The van der Waals surface area contributed by atoms with E-state index >= 15 is 0 Å². The number of amides is 2. The third kappa shape index (κ3) is 7.74. The van der Waals surface area contributed by atoms with E-state index < -0.39 is 22.8 Å². The van der Waals surface area contributed by atoms with Gasteiger partial charge < -0.3 is 29.7 Å². The van der Waals surface area contributed by atoms with Crippen molar-refractivity contribution in [2.45, 2.75) is 25.4 Å². The number of urea groups is 1. The molecule has 2 N–H and O–H groups in total. The van der Waals surface area contributed by atoms with E-state index in [9.17, 15) is 18.0 Å². The normalized spacial score (nSPS) is 13.6. The molecule has 0 saturated carbocycles. The predicted octanol–water partition coefficient (Wildman–Crippen LogP) is 8.27. The summed E-state index contributed by atoms with van der Waals surface area (Å²) in [7, 11) is 1.55. The van der Waals surface area contributed by atoms with E-state index in [0.717, 1.165) is 38.2 Å². The first-order valence-corrected chi connectivity index (χ1v) is 14.5. The highest BCUT2D eigenvalue weighted by Gasteiger charge is 2.33. The summed E-state index contributed by atoms with van der Waals surface area (Å²) in [6.45, 7) is 3.80. The van der Waals surface area contributed by atoms with E-state index in [1.165, 1.54) is 37.4 Å². The minimum absolute atomic E-state index is 0.1000. The molecule has 1 saturated heterocycles. The lowest BCUT2D eigenvalue weighted by molar-refractivity contribution is -0.137. The summed E-state index contributed by atoms with van der Waals surface area (Å²) in [5, 5.41) is 5.05. The van der Waals surface area contributed by atoms with Crippen LogP contribution < -0.4 is 24.8 Å². The average Bonchev–Trinajstić information content (AvgIpc) is 3.50. The van der Waals surface area contributed by atoms with Gasteiger partial charge in [0.15, 0.2) is 11.5 Å². The number of carbonyl (C=O) groups excluding carboxylic acids is 1. The molecule has 232 valence electrons. The molecule has 4 aromatic rings. The molecule has 1 aliphatic heterocycles. The van der Waals surface area contributed by atoms with E-state index in [-0.39, 0.29) is 22.3 Å². The van der Waals surface area contributed by atoms with Gasteiger partial charge in [-0.1, -0.05) is 23.2 Å². The van der Waals surface area contributed by atoms with Gasteiger partial charge in [-0.2, -0.15) is 13.2 Å². The van der Waals surface area contributed by atoms with Gasteiger partial charge in [0, 0.05) is 24.4 Å². The van der Waals surface area contributed by atoms with E-state index in [1.807, 2.05) is 0 Å². The molecular formula is C30H28Cl2F3N5O4. The van der Waals surface area contributed by atoms with Crippen molar-refractivity contribution in [1.82, 2.24) is 14.9 Å². The van der Waals surface area contributed by atoms with Gasteiger partial charge in [0.25, 0.3) is 0 Å². The summed E-state index contributed by atoms with van der Waals surface area (Å²) in [4.78, 5) is 23.5. The SMILES string of the molecule is COc1cc2c(Oc3ccc(NC(=O)Nc4ccc(Cl)c(C(F)(F)F)c4)c(Cl)c3)ncnc2cc1OCCCN1CCCC1. The molecule has 2 heterocycles. The smallest absolute Gasteiger partial charge is 0.417 e. The summed E-state index contributed by atoms with van der Waals surface area (Å²) in [5.41, 5.74) is -0.385. The lowest BCUT2D eigenvalue weighted by Crippen LogP contribution is -2.21. The number of likely N-dealkylation sites (tertiary alicyclic amines) is 1. The van der Waals surface area contributed by atoms with Crippen LogP contribution in [0.3, 0.4) is 0 Å². The second kappa shape index (κ2) is 13.7. The van der Waals surface area contributed by atoms with Crippen molar-refractivity contribution < 1.29 is 32.2 Å². The lowest BCUT2D eigenvalue weighted by atomic mass is 10.2. The Bertz CT molecular complexity index is 1650. The Hall–Kier alpha value is -4.00. The molecular weight excluding hydrogens is 622 g/mol. The van der Waals surface area contributed by atoms with Gasteiger partial charge in [-0.15, -0.1) is 0 Å². The van der Waals surface area contributed by atoms with E-state index in [4.69, 9.17) is 37.4 Å². The molecule has 9 nitrogen and oxygen atoms in total. The Labute approximate surface area is 261 Å². The highest BCUT2D eigenvalue weighted by atomic mass is 35.5. The topological polar surface area (TPSA) is 97.8 Å². The monoisotopic (exact) mass is 649 g/mol. The number of nitrogens with zero attached hydrogens (tertiary/aromatic N) is 3. The summed E-state index contributed by atoms with van der Waals surface area (Å²) >= 11 is 12.0. The summed E-state index contributed by atoms with van der Waals surface area (Å²) in [6.07, 6.45) is 0.0808. The average molecular weight is 650 g/mol.